The molecule has 1 aliphatic heterocycles. The second kappa shape index (κ2) is 6.53. The number of nitrogens with one attached hydrogen (secondary N) is 1. The minimum atomic E-state index is 0.873. The van der Waals surface area contributed by atoms with Crippen molar-refractivity contribution in [1.29, 1.82) is 0 Å². The number of rotatable bonds is 4. The van der Waals surface area contributed by atoms with Crippen LogP contribution in [0, 0.1) is 26.7 Å². The first kappa shape index (κ1) is 14.5. The third-order valence-electron chi connectivity index (χ3n) is 4.30. The van der Waals surface area contributed by atoms with Gasteiger partial charge < -0.3 is 10.2 Å². The lowest BCUT2D eigenvalue weighted by molar-refractivity contribution is 0.234. The van der Waals surface area contributed by atoms with Crippen LogP contribution in [-0.2, 0) is 6.54 Å². The Labute approximate surface area is 118 Å². The molecule has 19 heavy (non-hydrogen) atoms. The molecule has 0 aromatic heterocycles. The van der Waals surface area contributed by atoms with Crippen molar-refractivity contribution in [3.63, 3.8) is 0 Å². The van der Waals surface area contributed by atoms with E-state index in [1.54, 1.807) is 0 Å². The van der Waals surface area contributed by atoms with Crippen molar-refractivity contribution in [3.05, 3.63) is 34.4 Å². The van der Waals surface area contributed by atoms with Crippen molar-refractivity contribution in [2.45, 2.75) is 40.2 Å². The number of hydrogen-bond donors (Lipinski definition) is 1. The first-order chi connectivity index (χ1) is 9.06. The molecule has 0 unspecified atom stereocenters. The Kier molecular flexibility index (Phi) is 5.00. The van der Waals surface area contributed by atoms with Crippen LogP contribution in [0.3, 0.4) is 0 Å². The van der Waals surface area contributed by atoms with Gasteiger partial charge in [0.15, 0.2) is 0 Å². The van der Waals surface area contributed by atoms with Gasteiger partial charge in [-0.05, 0) is 76.4 Å². The molecule has 1 heterocycles. The topological polar surface area (TPSA) is 15.3 Å². The zero-order chi connectivity index (χ0) is 13.8. The smallest absolute Gasteiger partial charge is 0.0236 e. The molecule has 2 nitrogen and oxygen atoms in total. The summed E-state index contributed by atoms with van der Waals surface area (Å²) in [5.74, 6) is 0.873. The van der Waals surface area contributed by atoms with Crippen molar-refractivity contribution in [1.82, 2.24) is 10.2 Å². The van der Waals surface area contributed by atoms with Crippen LogP contribution in [0.2, 0.25) is 0 Å². The molecule has 0 bridgehead atoms. The molecule has 106 valence electrons. The van der Waals surface area contributed by atoms with Crippen LogP contribution >= 0.6 is 0 Å². The van der Waals surface area contributed by atoms with E-state index < -0.39 is 0 Å². The molecular weight excluding hydrogens is 232 g/mol. The van der Waals surface area contributed by atoms with E-state index in [0.717, 1.165) is 12.5 Å². The minimum absolute atomic E-state index is 0.873. The van der Waals surface area contributed by atoms with Gasteiger partial charge in [-0.15, -0.1) is 0 Å². The molecular formula is C17H28N2. The Hall–Kier alpha value is -0.860. The van der Waals surface area contributed by atoms with Gasteiger partial charge in [0.2, 0.25) is 0 Å². The van der Waals surface area contributed by atoms with Gasteiger partial charge in [-0.3, -0.25) is 0 Å². The van der Waals surface area contributed by atoms with Gasteiger partial charge in [-0.2, -0.15) is 0 Å². The van der Waals surface area contributed by atoms with Crippen LogP contribution in [0.1, 0.15) is 35.1 Å². The van der Waals surface area contributed by atoms with Crippen molar-refractivity contribution < 1.29 is 0 Å². The second-order valence-corrected chi connectivity index (χ2v) is 6.27. The van der Waals surface area contributed by atoms with Crippen LogP contribution in [-0.4, -0.2) is 31.6 Å². The van der Waals surface area contributed by atoms with Crippen LogP contribution in [0.5, 0.6) is 0 Å². The molecule has 2 rings (SSSR count). The predicted octanol–water partition coefficient (Wildman–Crippen LogP) is 3.04. The summed E-state index contributed by atoms with van der Waals surface area (Å²) in [5.41, 5.74) is 5.77. The fraction of sp³-hybridized carbons (Fsp3) is 0.647. The van der Waals surface area contributed by atoms with E-state index in [1.165, 1.54) is 54.7 Å². The molecule has 0 spiro atoms. The number of aryl methyl sites for hydroxylation is 3. The summed E-state index contributed by atoms with van der Waals surface area (Å²) in [5, 5.41) is 3.44. The standard InChI is InChI=1S/C17H28N2/c1-13-9-14(2)17(15(3)10-13)12-19(4)11-16-5-7-18-8-6-16/h9-10,16,18H,5-8,11-12H2,1-4H3. The van der Waals surface area contributed by atoms with Gasteiger partial charge in [0.25, 0.3) is 0 Å². The van der Waals surface area contributed by atoms with E-state index in [0.29, 0.717) is 0 Å². The molecule has 1 saturated heterocycles. The SMILES string of the molecule is Cc1cc(C)c(CN(C)CC2CCNCC2)c(C)c1. The molecule has 0 saturated carbocycles. The van der Waals surface area contributed by atoms with Gasteiger partial charge in [0, 0.05) is 13.1 Å². The van der Waals surface area contributed by atoms with E-state index in [1.807, 2.05) is 0 Å². The molecule has 0 atom stereocenters. The van der Waals surface area contributed by atoms with E-state index >= 15 is 0 Å². The molecule has 1 fully saturated rings. The highest BCUT2D eigenvalue weighted by molar-refractivity contribution is 5.37. The molecule has 1 aliphatic rings. The summed E-state index contributed by atoms with van der Waals surface area (Å²) in [7, 11) is 2.26. The van der Waals surface area contributed by atoms with Gasteiger partial charge in [0.05, 0.1) is 0 Å². The molecule has 1 aromatic carbocycles. The zero-order valence-electron chi connectivity index (χ0n) is 12.9. The Morgan fingerprint density at radius 3 is 2.26 bits per heavy atom. The Balaban J connectivity index is 1.96. The molecule has 1 N–H and O–H groups in total. The second-order valence-electron chi connectivity index (χ2n) is 6.27. The van der Waals surface area contributed by atoms with Crippen LogP contribution in [0.15, 0.2) is 12.1 Å². The van der Waals surface area contributed by atoms with Crippen molar-refractivity contribution >= 4 is 0 Å². The quantitative estimate of drug-likeness (QED) is 0.895. The minimum Gasteiger partial charge on any atom is -0.317 e. The number of piperidine rings is 1. The van der Waals surface area contributed by atoms with E-state index in [4.69, 9.17) is 0 Å². The van der Waals surface area contributed by atoms with Gasteiger partial charge >= 0.3 is 0 Å². The highest BCUT2D eigenvalue weighted by Crippen LogP contribution is 2.19. The third kappa shape index (κ3) is 4.05. The predicted molar refractivity (Wildman–Crippen MR) is 82.6 cm³/mol. The van der Waals surface area contributed by atoms with E-state index in [9.17, 15) is 0 Å². The first-order valence-electron chi connectivity index (χ1n) is 7.52. The summed E-state index contributed by atoms with van der Waals surface area (Å²) in [6.45, 7) is 11.4. The molecule has 1 aromatic rings. The Bertz CT molecular complexity index is 396. The van der Waals surface area contributed by atoms with E-state index in [2.05, 4.69) is 50.2 Å². The summed E-state index contributed by atoms with van der Waals surface area (Å²) in [6, 6.07) is 4.61. The number of hydrogen-bond acceptors (Lipinski definition) is 2. The number of nitrogens with zero attached hydrogens (tertiary/aromatic N) is 1. The van der Waals surface area contributed by atoms with Crippen LogP contribution < -0.4 is 5.32 Å². The average molecular weight is 260 g/mol. The molecule has 0 radical (unpaired) electrons. The number of benzene rings is 1. The average Bonchev–Trinajstić information content (AvgIpc) is 2.35. The maximum absolute atomic E-state index is 3.44. The lowest BCUT2D eigenvalue weighted by atomic mass is 9.96. The van der Waals surface area contributed by atoms with Crippen molar-refractivity contribution in [3.8, 4) is 0 Å². The molecule has 2 heteroatoms. The van der Waals surface area contributed by atoms with Crippen LogP contribution in [0.25, 0.3) is 0 Å². The van der Waals surface area contributed by atoms with Gasteiger partial charge in [-0.25, -0.2) is 0 Å². The van der Waals surface area contributed by atoms with Crippen LogP contribution in [0.4, 0.5) is 0 Å². The lowest BCUT2D eigenvalue weighted by Gasteiger charge is -2.28. The summed E-state index contributed by atoms with van der Waals surface area (Å²) in [4.78, 5) is 2.50. The van der Waals surface area contributed by atoms with Gasteiger partial charge in [0.1, 0.15) is 0 Å². The first-order valence-corrected chi connectivity index (χ1v) is 7.52. The Morgan fingerprint density at radius 1 is 1.11 bits per heavy atom. The maximum Gasteiger partial charge on any atom is 0.0236 e. The van der Waals surface area contributed by atoms with Gasteiger partial charge in [-0.1, -0.05) is 17.7 Å². The zero-order valence-corrected chi connectivity index (χ0v) is 12.9. The third-order valence-corrected chi connectivity index (χ3v) is 4.30. The summed E-state index contributed by atoms with van der Waals surface area (Å²) < 4.78 is 0. The van der Waals surface area contributed by atoms with Crippen molar-refractivity contribution in [2.75, 3.05) is 26.7 Å². The lowest BCUT2D eigenvalue weighted by Crippen LogP contribution is -2.34. The summed E-state index contributed by atoms with van der Waals surface area (Å²) in [6.07, 6.45) is 2.66. The molecule has 0 aliphatic carbocycles. The van der Waals surface area contributed by atoms with E-state index in [-0.39, 0.29) is 0 Å². The highest BCUT2D eigenvalue weighted by atomic mass is 15.1. The molecule has 0 amide bonds. The summed E-state index contributed by atoms with van der Waals surface area (Å²) >= 11 is 0. The Morgan fingerprint density at radius 2 is 1.68 bits per heavy atom. The fourth-order valence-corrected chi connectivity index (χ4v) is 3.30. The maximum atomic E-state index is 3.44. The normalized spacial score (nSPS) is 17.1. The largest absolute Gasteiger partial charge is 0.317 e. The van der Waals surface area contributed by atoms with Crippen molar-refractivity contribution in [2.24, 2.45) is 5.92 Å². The highest BCUT2D eigenvalue weighted by Gasteiger charge is 2.16. The monoisotopic (exact) mass is 260 g/mol. The fourth-order valence-electron chi connectivity index (χ4n) is 3.30.